The first-order valence-corrected chi connectivity index (χ1v) is 11.0. The quantitative estimate of drug-likeness (QED) is 0.732. The average molecular weight is 441 g/mol. The van der Waals surface area contributed by atoms with Crippen LogP contribution in [0.15, 0.2) is 40.9 Å². The molecule has 3 rings (SSSR count). The smallest absolute Gasteiger partial charge is 0.260 e. The topological polar surface area (TPSA) is 66.9 Å². The zero-order valence-electron chi connectivity index (χ0n) is 14.5. The van der Waals surface area contributed by atoms with E-state index in [1.807, 2.05) is 36.4 Å². The number of hydrogen-bond donors (Lipinski definition) is 0. The average Bonchev–Trinajstić information content (AvgIpc) is 2.87. The van der Waals surface area contributed by atoms with Crippen molar-refractivity contribution in [2.24, 2.45) is 0 Å². The molecule has 6 nitrogen and oxygen atoms in total. The molecule has 26 heavy (non-hydrogen) atoms. The van der Waals surface area contributed by atoms with Gasteiger partial charge in [-0.25, -0.2) is 12.7 Å². The highest BCUT2D eigenvalue weighted by Gasteiger charge is 2.24. The molecule has 1 fully saturated rings. The van der Waals surface area contributed by atoms with Crippen LogP contribution in [0.4, 0.5) is 0 Å². The van der Waals surface area contributed by atoms with E-state index in [4.69, 9.17) is 4.74 Å². The molecule has 0 spiro atoms. The third-order valence-electron chi connectivity index (χ3n) is 4.46. The molecule has 8 heteroatoms. The van der Waals surface area contributed by atoms with Crippen molar-refractivity contribution in [3.63, 3.8) is 0 Å². The summed E-state index contributed by atoms with van der Waals surface area (Å²) in [6.45, 7) is 1.61. The maximum atomic E-state index is 12.5. The minimum atomic E-state index is -3.22. The van der Waals surface area contributed by atoms with Crippen LogP contribution in [0.5, 0.6) is 5.75 Å². The van der Waals surface area contributed by atoms with Gasteiger partial charge in [0.25, 0.3) is 5.91 Å². The Kier molecular flexibility index (Phi) is 5.84. The molecule has 0 N–H and O–H groups in total. The van der Waals surface area contributed by atoms with Gasteiger partial charge in [-0.2, -0.15) is 0 Å². The van der Waals surface area contributed by atoms with Gasteiger partial charge in [0.1, 0.15) is 5.75 Å². The van der Waals surface area contributed by atoms with E-state index in [2.05, 4.69) is 15.9 Å². The number of sulfonamides is 1. The van der Waals surface area contributed by atoms with E-state index in [-0.39, 0.29) is 12.5 Å². The van der Waals surface area contributed by atoms with Gasteiger partial charge in [-0.05, 0) is 39.2 Å². The Morgan fingerprint density at radius 3 is 2.65 bits per heavy atom. The van der Waals surface area contributed by atoms with E-state index in [1.54, 1.807) is 4.90 Å². The fourth-order valence-electron chi connectivity index (χ4n) is 3.03. The molecule has 1 aliphatic rings. The summed E-state index contributed by atoms with van der Waals surface area (Å²) in [5.74, 6) is 0.477. The maximum absolute atomic E-state index is 12.5. The number of nitrogens with zero attached hydrogens (tertiary/aromatic N) is 2. The van der Waals surface area contributed by atoms with Crippen LogP contribution in [0, 0.1) is 0 Å². The Morgan fingerprint density at radius 1 is 1.12 bits per heavy atom. The molecule has 2 aromatic rings. The predicted molar refractivity (Wildman–Crippen MR) is 105 cm³/mol. The van der Waals surface area contributed by atoms with Crippen molar-refractivity contribution in [3.05, 3.63) is 40.9 Å². The lowest BCUT2D eigenvalue weighted by Crippen LogP contribution is -2.39. The van der Waals surface area contributed by atoms with Gasteiger partial charge in [0.05, 0.1) is 10.7 Å². The van der Waals surface area contributed by atoms with Crippen LogP contribution in [0.1, 0.15) is 6.42 Å². The summed E-state index contributed by atoms with van der Waals surface area (Å²) in [6, 6.07) is 11.7. The molecule has 0 unspecified atom stereocenters. The van der Waals surface area contributed by atoms with Gasteiger partial charge < -0.3 is 9.64 Å². The van der Waals surface area contributed by atoms with E-state index in [1.165, 1.54) is 10.6 Å². The number of halogens is 1. The second kappa shape index (κ2) is 7.94. The Labute approximate surface area is 161 Å². The zero-order valence-corrected chi connectivity index (χ0v) is 16.9. The first-order chi connectivity index (χ1) is 12.4. The van der Waals surface area contributed by atoms with Gasteiger partial charge >= 0.3 is 0 Å². The normalized spacial score (nSPS) is 16.5. The highest BCUT2D eigenvalue weighted by atomic mass is 79.9. The number of benzene rings is 2. The van der Waals surface area contributed by atoms with Crippen molar-refractivity contribution in [3.8, 4) is 5.75 Å². The maximum Gasteiger partial charge on any atom is 0.260 e. The van der Waals surface area contributed by atoms with E-state index in [0.29, 0.717) is 38.3 Å². The van der Waals surface area contributed by atoms with Gasteiger partial charge in [0, 0.05) is 26.2 Å². The molecule has 0 atom stereocenters. The molecule has 0 aromatic heterocycles. The summed E-state index contributed by atoms with van der Waals surface area (Å²) >= 11 is 3.55. The zero-order chi connectivity index (χ0) is 18.7. The van der Waals surface area contributed by atoms with Crippen molar-refractivity contribution in [2.45, 2.75) is 6.42 Å². The molecule has 1 heterocycles. The van der Waals surface area contributed by atoms with Crippen LogP contribution < -0.4 is 4.74 Å². The largest absolute Gasteiger partial charge is 0.483 e. The van der Waals surface area contributed by atoms with E-state index in [0.717, 1.165) is 15.2 Å². The highest BCUT2D eigenvalue weighted by molar-refractivity contribution is 9.10. The summed E-state index contributed by atoms with van der Waals surface area (Å²) in [6.07, 6.45) is 1.82. The Hall–Kier alpha value is -1.64. The van der Waals surface area contributed by atoms with Crippen LogP contribution in [0.2, 0.25) is 0 Å². The molecular weight excluding hydrogens is 420 g/mol. The summed E-state index contributed by atoms with van der Waals surface area (Å²) in [5.41, 5.74) is 0. The standard InChI is InChI=1S/C18H21BrN2O4S/c1-26(23,24)21-10-4-9-20(11-12-21)17(22)13-25-16-8-7-14-5-2-3-6-15(14)18(16)19/h2-3,5-8H,4,9-13H2,1H3. The highest BCUT2D eigenvalue weighted by Crippen LogP contribution is 2.33. The lowest BCUT2D eigenvalue weighted by Gasteiger charge is -2.21. The Bertz CT molecular complexity index is 917. The summed E-state index contributed by atoms with van der Waals surface area (Å²) in [5, 5.41) is 2.11. The second-order valence-electron chi connectivity index (χ2n) is 6.28. The number of fused-ring (bicyclic) bond motifs is 1. The number of hydrogen-bond acceptors (Lipinski definition) is 4. The van der Waals surface area contributed by atoms with Gasteiger partial charge in [-0.3, -0.25) is 4.79 Å². The Morgan fingerprint density at radius 2 is 1.88 bits per heavy atom. The first kappa shape index (κ1) is 19.1. The second-order valence-corrected chi connectivity index (χ2v) is 9.06. The minimum absolute atomic E-state index is 0.0736. The van der Waals surface area contributed by atoms with E-state index >= 15 is 0 Å². The molecule has 140 valence electrons. The lowest BCUT2D eigenvalue weighted by molar-refractivity contribution is -0.133. The lowest BCUT2D eigenvalue weighted by atomic mass is 10.1. The van der Waals surface area contributed by atoms with Crippen molar-refractivity contribution < 1.29 is 17.9 Å². The number of ether oxygens (including phenoxy) is 1. The van der Waals surface area contributed by atoms with Crippen LogP contribution in [-0.2, 0) is 14.8 Å². The SMILES string of the molecule is CS(=O)(=O)N1CCCN(C(=O)COc2ccc3ccccc3c2Br)CC1. The predicted octanol–water partition coefficient (Wildman–Crippen LogP) is 2.48. The van der Waals surface area contributed by atoms with Crippen molar-refractivity contribution in [1.82, 2.24) is 9.21 Å². The molecule has 0 radical (unpaired) electrons. The number of rotatable bonds is 4. The monoisotopic (exact) mass is 440 g/mol. The number of amides is 1. The molecular formula is C18H21BrN2O4S. The number of carbonyl (C=O) groups excluding carboxylic acids is 1. The van der Waals surface area contributed by atoms with Crippen LogP contribution in [0.25, 0.3) is 10.8 Å². The summed E-state index contributed by atoms with van der Waals surface area (Å²) in [4.78, 5) is 14.1. The molecule has 0 saturated carbocycles. The van der Waals surface area contributed by atoms with Crippen molar-refractivity contribution in [2.75, 3.05) is 39.0 Å². The van der Waals surface area contributed by atoms with Crippen LogP contribution >= 0.6 is 15.9 Å². The summed E-state index contributed by atoms with van der Waals surface area (Å²) in [7, 11) is -3.22. The third-order valence-corrected chi connectivity index (χ3v) is 6.58. The van der Waals surface area contributed by atoms with Crippen molar-refractivity contribution >= 4 is 42.6 Å². The van der Waals surface area contributed by atoms with Crippen LogP contribution in [0.3, 0.4) is 0 Å². The van der Waals surface area contributed by atoms with Gasteiger partial charge in [-0.1, -0.05) is 30.3 Å². The molecule has 0 aliphatic carbocycles. The van der Waals surface area contributed by atoms with Crippen LogP contribution in [-0.4, -0.2) is 62.6 Å². The van der Waals surface area contributed by atoms with Gasteiger partial charge in [0.2, 0.25) is 10.0 Å². The molecule has 1 saturated heterocycles. The molecule has 2 aromatic carbocycles. The number of carbonyl (C=O) groups is 1. The fraction of sp³-hybridized carbons (Fsp3) is 0.389. The molecule has 1 amide bonds. The minimum Gasteiger partial charge on any atom is -0.483 e. The molecule has 0 bridgehead atoms. The van der Waals surface area contributed by atoms with Gasteiger partial charge in [-0.15, -0.1) is 0 Å². The summed E-state index contributed by atoms with van der Waals surface area (Å²) < 4.78 is 31.3. The fourth-order valence-corrected chi connectivity index (χ4v) is 4.51. The molecule has 1 aliphatic heterocycles. The van der Waals surface area contributed by atoms with Crippen molar-refractivity contribution in [1.29, 1.82) is 0 Å². The van der Waals surface area contributed by atoms with E-state index in [9.17, 15) is 13.2 Å². The first-order valence-electron chi connectivity index (χ1n) is 8.39. The van der Waals surface area contributed by atoms with E-state index < -0.39 is 10.0 Å². The third kappa shape index (κ3) is 4.36. The van der Waals surface area contributed by atoms with Gasteiger partial charge in [0.15, 0.2) is 6.61 Å². The Balaban J connectivity index is 1.63.